The highest BCUT2D eigenvalue weighted by Gasteiger charge is 2.38. The van der Waals surface area contributed by atoms with Crippen molar-refractivity contribution >= 4 is 23.2 Å². The molecule has 3 atom stereocenters. The molecule has 28 heavy (non-hydrogen) atoms. The molecule has 1 amide bonds. The molecule has 5 nitrogen and oxygen atoms in total. The number of rotatable bonds is 5. The Hall–Kier alpha value is -2.15. The lowest BCUT2D eigenvalue weighted by Crippen LogP contribution is -2.43. The Balaban J connectivity index is 1.26. The zero-order valence-electron chi connectivity index (χ0n) is 15.4. The lowest BCUT2D eigenvalue weighted by Gasteiger charge is -2.35. The number of nitrogens with zero attached hydrogens (tertiary/aromatic N) is 1. The number of halogens is 2. The van der Waals surface area contributed by atoms with Crippen molar-refractivity contribution in [3.63, 3.8) is 0 Å². The Kier molecular flexibility index (Phi) is 5.80. The van der Waals surface area contributed by atoms with Gasteiger partial charge in [-0.05, 0) is 48.4 Å². The second-order valence-corrected chi connectivity index (χ2v) is 7.78. The highest BCUT2D eigenvalue weighted by Crippen LogP contribution is 2.30. The van der Waals surface area contributed by atoms with Crippen molar-refractivity contribution in [2.75, 3.05) is 31.6 Å². The predicted molar refractivity (Wildman–Crippen MR) is 107 cm³/mol. The van der Waals surface area contributed by atoms with E-state index < -0.39 is 0 Å². The average molecular weight is 404 g/mol. The lowest BCUT2D eigenvalue weighted by atomic mass is 10.1. The molecule has 0 spiro atoms. The summed E-state index contributed by atoms with van der Waals surface area (Å²) >= 11 is 5.97. The standard InChI is InChI=1S/C21H23ClFN3O2/c22-15-3-1-14(2-4-15)20-12-26-11-18(9-19(26)13-28-20)25-21(27)10-24-17-7-5-16(23)6-8-17/h1-8,18-20,24H,9-13H2,(H,25,27)/t18-,19+,20-/m1/s1. The molecule has 2 aromatic rings. The van der Waals surface area contributed by atoms with Crippen LogP contribution in [-0.4, -0.2) is 49.1 Å². The number of nitrogens with one attached hydrogen (secondary N) is 2. The molecule has 2 saturated heterocycles. The molecule has 7 heteroatoms. The van der Waals surface area contributed by atoms with Crippen LogP contribution in [-0.2, 0) is 9.53 Å². The first-order valence-electron chi connectivity index (χ1n) is 9.47. The van der Waals surface area contributed by atoms with Crippen LogP contribution < -0.4 is 10.6 Å². The summed E-state index contributed by atoms with van der Waals surface area (Å²) in [4.78, 5) is 14.6. The number of carbonyl (C=O) groups excluding carboxylic acids is 1. The fourth-order valence-corrected chi connectivity index (χ4v) is 4.01. The van der Waals surface area contributed by atoms with Gasteiger partial charge < -0.3 is 15.4 Å². The van der Waals surface area contributed by atoms with Crippen LogP contribution in [0.2, 0.25) is 5.02 Å². The lowest BCUT2D eigenvalue weighted by molar-refractivity contribution is -0.120. The Morgan fingerprint density at radius 3 is 2.64 bits per heavy atom. The van der Waals surface area contributed by atoms with Gasteiger partial charge in [0, 0.05) is 35.9 Å². The highest BCUT2D eigenvalue weighted by atomic mass is 35.5. The van der Waals surface area contributed by atoms with Crippen LogP contribution in [0.5, 0.6) is 0 Å². The average Bonchev–Trinajstić information content (AvgIpc) is 3.09. The molecule has 2 aromatic carbocycles. The summed E-state index contributed by atoms with van der Waals surface area (Å²) in [6.07, 6.45) is 0.915. The fraction of sp³-hybridized carbons (Fsp3) is 0.381. The minimum Gasteiger partial charge on any atom is -0.376 e. The third kappa shape index (κ3) is 4.63. The molecule has 2 N–H and O–H groups in total. The number of hydrogen-bond acceptors (Lipinski definition) is 4. The molecule has 0 saturated carbocycles. The Bertz CT molecular complexity index is 815. The summed E-state index contributed by atoms with van der Waals surface area (Å²) in [6.45, 7) is 2.46. The molecule has 0 bridgehead atoms. The quantitative estimate of drug-likeness (QED) is 0.804. The summed E-state index contributed by atoms with van der Waals surface area (Å²) < 4.78 is 19.0. The second-order valence-electron chi connectivity index (χ2n) is 7.34. The Morgan fingerprint density at radius 2 is 1.89 bits per heavy atom. The minimum atomic E-state index is -0.295. The van der Waals surface area contributed by atoms with Gasteiger partial charge in [-0.1, -0.05) is 23.7 Å². The maximum atomic E-state index is 12.9. The van der Waals surface area contributed by atoms with Gasteiger partial charge in [-0.25, -0.2) is 4.39 Å². The van der Waals surface area contributed by atoms with E-state index >= 15 is 0 Å². The van der Waals surface area contributed by atoms with Crippen molar-refractivity contribution in [1.29, 1.82) is 0 Å². The second kappa shape index (κ2) is 8.47. The number of morpholine rings is 1. The van der Waals surface area contributed by atoms with Crippen molar-refractivity contribution in [2.45, 2.75) is 24.6 Å². The number of fused-ring (bicyclic) bond motifs is 1. The molecule has 2 fully saturated rings. The summed E-state index contributed by atoms with van der Waals surface area (Å²) in [5, 5.41) is 6.82. The number of ether oxygens (including phenoxy) is 1. The normalized spacial score (nSPS) is 24.6. The van der Waals surface area contributed by atoms with E-state index in [0.29, 0.717) is 12.6 Å². The van der Waals surface area contributed by atoms with Gasteiger partial charge in [-0.15, -0.1) is 0 Å². The zero-order valence-corrected chi connectivity index (χ0v) is 16.2. The number of benzene rings is 2. The molecule has 0 aliphatic carbocycles. The van der Waals surface area contributed by atoms with E-state index in [1.807, 2.05) is 24.3 Å². The van der Waals surface area contributed by atoms with Gasteiger partial charge in [0.2, 0.25) is 5.91 Å². The Morgan fingerprint density at radius 1 is 1.14 bits per heavy atom. The molecular weight excluding hydrogens is 381 g/mol. The van der Waals surface area contributed by atoms with E-state index in [9.17, 15) is 9.18 Å². The zero-order chi connectivity index (χ0) is 19.5. The summed E-state index contributed by atoms with van der Waals surface area (Å²) in [5.41, 5.74) is 1.85. The minimum absolute atomic E-state index is 0.0307. The summed E-state index contributed by atoms with van der Waals surface area (Å²) in [6, 6.07) is 14.2. The number of hydrogen-bond donors (Lipinski definition) is 2. The molecule has 0 unspecified atom stereocenters. The third-order valence-electron chi connectivity index (χ3n) is 5.32. The topological polar surface area (TPSA) is 53.6 Å². The van der Waals surface area contributed by atoms with E-state index in [4.69, 9.17) is 16.3 Å². The van der Waals surface area contributed by atoms with Gasteiger partial charge >= 0.3 is 0 Å². The first-order chi connectivity index (χ1) is 13.6. The summed E-state index contributed by atoms with van der Waals surface area (Å²) in [5.74, 6) is -0.360. The maximum absolute atomic E-state index is 12.9. The monoisotopic (exact) mass is 403 g/mol. The van der Waals surface area contributed by atoms with E-state index in [2.05, 4.69) is 15.5 Å². The van der Waals surface area contributed by atoms with Gasteiger partial charge in [0.15, 0.2) is 0 Å². The van der Waals surface area contributed by atoms with Crippen LogP contribution in [0.25, 0.3) is 0 Å². The molecule has 2 aliphatic heterocycles. The van der Waals surface area contributed by atoms with Gasteiger partial charge in [0.25, 0.3) is 0 Å². The molecule has 0 aromatic heterocycles. The van der Waals surface area contributed by atoms with Gasteiger partial charge in [-0.3, -0.25) is 9.69 Å². The molecule has 4 rings (SSSR count). The van der Waals surface area contributed by atoms with Gasteiger partial charge in [0.05, 0.1) is 19.3 Å². The molecule has 0 radical (unpaired) electrons. The molecular formula is C21H23ClFN3O2. The number of anilines is 1. The predicted octanol–water partition coefficient (Wildman–Crippen LogP) is 3.22. The van der Waals surface area contributed by atoms with Crippen LogP contribution >= 0.6 is 11.6 Å². The Labute approximate surface area is 168 Å². The SMILES string of the molecule is O=C(CNc1ccc(F)cc1)N[C@@H]1C[C@H]2CO[C@@H](c3ccc(Cl)cc3)CN2C1. The largest absolute Gasteiger partial charge is 0.376 e. The number of amides is 1. The van der Waals surface area contributed by atoms with Crippen LogP contribution in [0.1, 0.15) is 18.1 Å². The van der Waals surface area contributed by atoms with E-state index in [1.165, 1.54) is 12.1 Å². The third-order valence-corrected chi connectivity index (χ3v) is 5.57. The first kappa shape index (κ1) is 19.2. The molecule has 2 heterocycles. The fourth-order valence-electron chi connectivity index (χ4n) is 3.89. The summed E-state index contributed by atoms with van der Waals surface area (Å²) in [7, 11) is 0. The van der Waals surface area contributed by atoms with Crippen molar-refractivity contribution < 1.29 is 13.9 Å². The maximum Gasteiger partial charge on any atom is 0.239 e. The van der Waals surface area contributed by atoms with Crippen molar-refractivity contribution in [1.82, 2.24) is 10.2 Å². The van der Waals surface area contributed by atoms with E-state index in [1.54, 1.807) is 12.1 Å². The van der Waals surface area contributed by atoms with Gasteiger partial charge in [-0.2, -0.15) is 0 Å². The van der Waals surface area contributed by atoms with Crippen LogP contribution in [0.4, 0.5) is 10.1 Å². The molecule has 148 valence electrons. The van der Waals surface area contributed by atoms with E-state index in [-0.39, 0.29) is 30.4 Å². The number of carbonyl (C=O) groups is 1. The highest BCUT2D eigenvalue weighted by molar-refractivity contribution is 6.30. The van der Waals surface area contributed by atoms with E-state index in [0.717, 1.165) is 35.8 Å². The van der Waals surface area contributed by atoms with Crippen LogP contribution in [0, 0.1) is 5.82 Å². The van der Waals surface area contributed by atoms with Crippen LogP contribution in [0.15, 0.2) is 48.5 Å². The van der Waals surface area contributed by atoms with Crippen molar-refractivity contribution in [2.24, 2.45) is 0 Å². The smallest absolute Gasteiger partial charge is 0.239 e. The first-order valence-corrected chi connectivity index (χ1v) is 9.84. The molecule has 2 aliphatic rings. The van der Waals surface area contributed by atoms with Crippen LogP contribution in [0.3, 0.4) is 0 Å². The van der Waals surface area contributed by atoms with Crippen molar-refractivity contribution in [3.05, 3.63) is 64.9 Å². The van der Waals surface area contributed by atoms with Gasteiger partial charge in [0.1, 0.15) is 5.82 Å². The van der Waals surface area contributed by atoms with Crippen molar-refractivity contribution in [3.8, 4) is 0 Å².